The van der Waals surface area contributed by atoms with Crippen LogP contribution in [0.25, 0.3) is 22.4 Å². The topological polar surface area (TPSA) is 208 Å². The molecule has 1 aliphatic rings. The summed E-state index contributed by atoms with van der Waals surface area (Å²) in [6.45, 7) is 6.76. The minimum atomic E-state index is -5.07. The number of nitrogens with one attached hydrogen (secondary N) is 6. The number of imidazole rings is 2. The lowest BCUT2D eigenvalue weighted by molar-refractivity contribution is -0.274. The monoisotopic (exact) mass is 850 g/mol. The van der Waals surface area contributed by atoms with Crippen LogP contribution in [0.1, 0.15) is 59.9 Å². The third-order valence-electron chi connectivity index (χ3n) is 9.63. The van der Waals surface area contributed by atoms with Gasteiger partial charge < -0.3 is 45.6 Å². The Labute approximate surface area is 347 Å². The predicted molar refractivity (Wildman–Crippen MR) is 215 cm³/mol. The predicted octanol–water partition coefficient (Wildman–Crippen LogP) is 6.80. The maximum absolute atomic E-state index is 13.7. The lowest BCUT2D eigenvalue weighted by Gasteiger charge is -2.30. The molecule has 0 bridgehead atoms. The number of alkyl halides is 3. The molecular weight excluding hydrogens is 809 g/mol. The number of ether oxygens (including phenoxy) is 2. The summed E-state index contributed by atoms with van der Waals surface area (Å²) in [6.07, 6.45) is 0.544. The molecule has 1 aliphatic heterocycles. The van der Waals surface area contributed by atoms with E-state index < -0.39 is 30.2 Å². The summed E-state index contributed by atoms with van der Waals surface area (Å²) in [6, 6.07) is 10.6. The van der Waals surface area contributed by atoms with E-state index in [0.29, 0.717) is 53.7 Å². The van der Waals surface area contributed by atoms with E-state index in [0.717, 1.165) is 6.07 Å². The van der Waals surface area contributed by atoms with Gasteiger partial charge in [-0.25, -0.2) is 19.7 Å². The van der Waals surface area contributed by atoms with Crippen molar-refractivity contribution >= 4 is 46.9 Å². The van der Waals surface area contributed by atoms with Gasteiger partial charge in [0.05, 0.1) is 53.8 Å². The first kappa shape index (κ1) is 43.0. The van der Waals surface area contributed by atoms with Crippen molar-refractivity contribution in [1.29, 1.82) is 0 Å². The zero-order chi connectivity index (χ0) is 43.1. The van der Waals surface area contributed by atoms with Gasteiger partial charge in [0.2, 0.25) is 5.91 Å². The molecule has 0 radical (unpaired) electrons. The summed E-state index contributed by atoms with van der Waals surface area (Å²) >= 11 is 6.53. The average Bonchev–Trinajstić information content (AvgIpc) is 4.01. The van der Waals surface area contributed by atoms with Gasteiger partial charge in [0.25, 0.3) is 11.8 Å². The number of anilines is 2. The molecule has 5 aromatic rings. The Bertz CT molecular complexity index is 2300. The van der Waals surface area contributed by atoms with Crippen molar-refractivity contribution in [2.45, 2.75) is 45.6 Å². The number of nitrogens with zero attached hydrogens (tertiary/aromatic N) is 4. The second-order valence-electron chi connectivity index (χ2n) is 14.4. The van der Waals surface area contributed by atoms with Crippen molar-refractivity contribution in [3.63, 3.8) is 0 Å². The number of rotatable bonds is 14. The average molecular weight is 851 g/mol. The Hall–Kier alpha value is -6.63. The van der Waals surface area contributed by atoms with Gasteiger partial charge >= 0.3 is 12.5 Å². The number of halogens is 4. The first-order valence-corrected chi connectivity index (χ1v) is 19.2. The van der Waals surface area contributed by atoms with Gasteiger partial charge in [0.15, 0.2) is 0 Å². The van der Waals surface area contributed by atoms with Gasteiger partial charge in [-0.05, 0) is 47.6 Å². The van der Waals surface area contributed by atoms with Crippen molar-refractivity contribution in [2.24, 2.45) is 11.8 Å². The van der Waals surface area contributed by atoms with Crippen LogP contribution in [0.4, 0.5) is 29.5 Å². The molecular formula is C40H42ClF3N10O6. The molecule has 4 amide bonds. The molecule has 1 fully saturated rings. The Balaban J connectivity index is 1.14. The molecule has 3 atom stereocenters. The van der Waals surface area contributed by atoms with E-state index in [9.17, 15) is 32.3 Å². The number of hydrogen-bond donors (Lipinski definition) is 6. The van der Waals surface area contributed by atoms with Crippen LogP contribution >= 0.6 is 11.6 Å². The van der Waals surface area contributed by atoms with E-state index in [1.807, 2.05) is 20.8 Å². The Morgan fingerprint density at radius 3 is 2.38 bits per heavy atom. The summed E-state index contributed by atoms with van der Waals surface area (Å²) in [4.78, 5) is 71.0. The number of benzene rings is 2. The van der Waals surface area contributed by atoms with Gasteiger partial charge in [0, 0.05) is 37.5 Å². The lowest BCUT2D eigenvalue weighted by Crippen LogP contribution is -2.51. The molecule has 2 aromatic carbocycles. The molecule has 6 N–H and O–H groups in total. The Kier molecular flexibility index (Phi) is 13.3. The van der Waals surface area contributed by atoms with Crippen molar-refractivity contribution in [3.05, 3.63) is 95.6 Å². The van der Waals surface area contributed by atoms with Crippen LogP contribution < -0.4 is 26.0 Å². The number of carbonyl (C=O) groups excluding carboxylic acids is 4. The van der Waals surface area contributed by atoms with Gasteiger partial charge in [0.1, 0.15) is 29.1 Å². The number of methoxy groups -OCH3 is 1. The Morgan fingerprint density at radius 2 is 1.73 bits per heavy atom. The summed E-state index contributed by atoms with van der Waals surface area (Å²) in [5.74, 6) is -0.943. The minimum Gasteiger partial charge on any atom is -0.453 e. The van der Waals surface area contributed by atoms with Crippen LogP contribution in [0.5, 0.6) is 5.75 Å². The van der Waals surface area contributed by atoms with Crippen LogP contribution in [-0.4, -0.2) is 92.8 Å². The van der Waals surface area contributed by atoms with Crippen LogP contribution in [0.3, 0.4) is 0 Å². The minimum absolute atomic E-state index is 0.0133. The number of carbonyl (C=O) groups is 4. The van der Waals surface area contributed by atoms with Crippen molar-refractivity contribution in [2.75, 3.05) is 37.4 Å². The molecule has 0 saturated carbocycles. The van der Waals surface area contributed by atoms with Gasteiger partial charge in [-0.2, -0.15) is 0 Å². The third-order valence-corrected chi connectivity index (χ3v) is 9.94. The number of aromatic nitrogens is 5. The highest BCUT2D eigenvalue weighted by molar-refractivity contribution is 6.34. The van der Waals surface area contributed by atoms with Crippen molar-refractivity contribution in [1.82, 2.24) is 40.5 Å². The van der Waals surface area contributed by atoms with Gasteiger partial charge in [-0.1, -0.05) is 56.6 Å². The van der Waals surface area contributed by atoms with Crippen molar-refractivity contribution < 1.29 is 41.8 Å². The number of H-pyrrole nitrogens is 2. The smallest absolute Gasteiger partial charge is 0.453 e. The number of amides is 4. The number of alkyl carbamates (subject to hydrolysis) is 1. The summed E-state index contributed by atoms with van der Waals surface area (Å²) in [5.41, 5.74) is 1.90. The molecule has 60 heavy (non-hydrogen) atoms. The quantitative estimate of drug-likeness (QED) is 0.0644. The van der Waals surface area contributed by atoms with Crippen molar-refractivity contribution in [3.8, 4) is 28.1 Å². The normalized spacial score (nSPS) is 15.7. The first-order valence-electron chi connectivity index (χ1n) is 18.8. The van der Waals surface area contributed by atoms with Gasteiger partial charge in [-0.15, -0.1) is 13.2 Å². The summed E-state index contributed by atoms with van der Waals surface area (Å²) in [5, 5.41) is 10.8. The van der Waals surface area contributed by atoms with E-state index in [4.69, 9.17) is 16.3 Å². The highest BCUT2D eigenvalue weighted by atomic mass is 35.5. The van der Waals surface area contributed by atoms with E-state index >= 15 is 0 Å². The zero-order valence-corrected chi connectivity index (χ0v) is 33.6. The largest absolute Gasteiger partial charge is 0.573 e. The molecule has 4 heterocycles. The standard InChI is InChI=1S/C40H42ClF3N10O6/c1-21(2)34(53-39(58)59-4)38(57)54-19-22(3)13-31(54)35-49-18-29(51-35)24-7-5-23(6-8-24)26-14-27(41)28(15-32(26)60-40(42,43)44)52-36(55)25-9-10-33(48-16-25)46-11-12-47-37(56)30-17-45-20-50-30/h5-10,14-18,20-22,31,34H,11-13,19H2,1-4H3,(H,45,50)(H,46,48)(H,47,56)(H,49,51)(H,52,55)(H,53,58)/t22-,31-,34-/m0/s1. The second kappa shape index (κ2) is 18.5. The van der Waals surface area contributed by atoms with E-state index in [1.165, 1.54) is 44.0 Å². The van der Waals surface area contributed by atoms with Crippen LogP contribution in [-0.2, 0) is 9.53 Å². The summed E-state index contributed by atoms with van der Waals surface area (Å²) in [7, 11) is 1.23. The fraction of sp³-hybridized carbons (Fsp3) is 0.325. The van der Waals surface area contributed by atoms with E-state index in [2.05, 4.69) is 50.9 Å². The maximum Gasteiger partial charge on any atom is 0.573 e. The Morgan fingerprint density at radius 1 is 0.983 bits per heavy atom. The molecule has 1 saturated heterocycles. The molecule has 20 heteroatoms. The molecule has 3 aromatic heterocycles. The summed E-state index contributed by atoms with van der Waals surface area (Å²) < 4.78 is 50.2. The molecule has 16 nitrogen and oxygen atoms in total. The second-order valence-corrected chi connectivity index (χ2v) is 14.8. The molecule has 316 valence electrons. The van der Waals surface area contributed by atoms with E-state index in [-0.39, 0.29) is 58.1 Å². The van der Waals surface area contributed by atoms with Gasteiger partial charge in [-0.3, -0.25) is 14.4 Å². The number of likely N-dealkylation sites (tertiary alicyclic amines) is 1. The van der Waals surface area contributed by atoms with E-state index in [1.54, 1.807) is 35.4 Å². The molecule has 6 rings (SSSR count). The van der Waals surface area contributed by atoms with Crippen LogP contribution in [0.15, 0.2) is 73.4 Å². The molecule has 0 aliphatic carbocycles. The number of pyridine rings is 1. The fourth-order valence-electron chi connectivity index (χ4n) is 6.66. The zero-order valence-electron chi connectivity index (χ0n) is 32.8. The lowest BCUT2D eigenvalue weighted by atomic mass is 10.0. The highest BCUT2D eigenvalue weighted by Crippen LogP contribution is 2.41. The highest BCUT2D eigenvalue weighted by Gasteiger charge is 2.40. The third kappa shape index (κ3) is 10.5. The molecule has 0 spiro atoms. The number of hydrogen-bond acceptors (Lipinski definition) is 10. The number of aromatic amines is 2. The SMILES string of the molecule is COC(=O)N[C@H](C(=O)N1C[C@@H](C)C[C@H]1c1ncc(-c2ccc(-c3cc(Cl)c(NC(=O)c4ccc(NCCNC(=O)c5cnc[nH]5)nc4)cc3OC(F)(F)F)cc2)[nH]1)C(C)C. The molecule has 0 unspecified atom stereocenters. The fourth-order valence-corrected chi connectivity index (χ4v) is 6.87. The maximum atomic E-state index is 13.7. The van der Waals surface area contributed by atoms with Crippen LogP contribution in [0.2, 0.25) is 5.02 Å². The first-order chi connectivity index (χ1) is 28.6. The van der Waals surface area contributed by atoms with Crippen LogP contribution in [0, 0.1) is 11.8 Å².